The number of hydrogen-bond acceptors (Lipinski definition) is 5. The van der Waals surface area contributed by atoms with Gasteiger partial charge in [-0.25, -0.2) is 14.3 Å². The highest BCUT2D eigenvalue weighted by atomic mass is 16.1. The molecule has 1 aromatic carbocycles. The summed E-state index contributed by atoms with van der Waals surface area (Å²) in [6.07, 6.45) is 3.23. The lowest BCUT2D eigenvalue weighted by molar-refractivity contribution is -0.117. The maximum Gasteiger partial charge on any atom is 0.267 e. The number of rotatable bonds is 5. The Kier molecular flexibility index (Phi) is 4.31. The van der Waals surface area contributed by atoms with Crippen LogP contribution < -0.4 is 11.3 Å². The van der Waals surface area contributed by atoms with Gasteiger partial charge in [0.1, 0.15) is 6.54 Å². The number of carbonyl (C=O) groups excluding carboxylic acids is 1. The van der Waals surface area contributed by atoms with E-state index in [1.165, 1.54) is 21.9 Å². The zero-order valence-electron chi connectivity index (χ0n) is 15.1. The summed E-state index contributed by atoms with van der Waals surface area (Å²) in [4.78, 5) is 27.9. The van der Waals surface area contributed by atoms with Crippen LogP contribution in [0.25, 0.3) is 5.69 Å². The van der Waals surface area contributed by atoms with E-state index in [9.17, 15) is 9.59 Å². The molecule has 0 aliphatic heterocycles. The number of fused-ring (bicyclic) bond motifs is 1. The predicted octanol–water partition coefficient (Wildman–Crippen LogP) is 0.697. The Hall–Kier alpha value is -3.29. The summed E-state index contributed by atoms with van der Waals surface area (Å²) in [6, 6.07) is 9.34. The fourth-order valence-electron chi connectivity index (χ4n) is 3.42. The third-order valence-electron chi connectivity index (χ3n) is 4.67. The van der Waals surface area contributed by atoms with Crippen LogP contribution in [0, 0.1) is 6.92 Å². The lowest BCUT2D eigenvalue weighted by Gasteiger charge is -2.09. The Morgan fingerprint density at radius 1 is 1.15 bits per heavy atom. The molecule has 27 heavy (non-hydrogen) atoms. The van der Waals surface area contributed by atoms with Crippen molar-refractivity contribution in [2.45, 2.75) is 39.2 Å². The minimum Gasteiger partial charge on any atom is -0.369 e. The van der Waals surface area contributed by atoms with E-state index < -0.39 is 5.91 Å². The second-order valence-corrected chi connectivity index (χ2v) is 6.78. The molecule has 2 aromatic heterocycles. The standard InChI is InChI=1S/C19H20N6O2/c1-12-5-8-19(27)24(22-12)11-18-21-17(10-16(20)26)23-25(18)15-7-6-13-3-2-4-14(13)9-15/h5-9H,2-4,10-11H2,1H3,(H2,20,26). The van der Waals surface area contributed by atoms with Gasteiger partial charge in [-0.1, -0.05) is 6.07 Å². The Labute approximate surface area is 155 Å². The molecular formula is C19H20N6O2. The normalized spacial score (nSPS) is 12.9. The molecule has 2 heterocycles. The zero-order chi connectivity index (χ0) is 19.0. The summed E-state index contributed by atoms with van der Waals surface area (Å²) in [7, 11) is 0. The second kappa shape index (κ2) is 6.79. The van der Waals surface area contributed by atoms with Crippen LogP contribution in [0.4, 0.5) is 0 Å². The Morgan fingerprint density at radius 3 is 2.78 bits per heavy atom. The van der Waals surface area contributed by atoms with Crippen molar-refractivity contribution in [3.05, 3.63) is 69.2 Å². The highest BCUT2D eigenvalue weighted by Crippen LogP contribution is 2.24. The van der Waals surface area contributed by atoms with Crippen LogP contribution in [0.5, 0.6) is 0 Å². The number of primary amides is 1. The van der Waals surface area contributed by atoms with Crippen molar-refractivity contribution < 1.29 is 4.79 Å². The van der Waals surface area contributed by atoms with Crippen molar-refractivity contribution in [1.82, 2.24) is 24.5 Å². The van der Waals surface area contributed by atoms with Crippen molar-refractivity contribution in [3.63, 3.8) is 0 Å². The van der Waals surface area contributed by atoms with Crippen molar-refractivity contribution >= 4 is 5.91 Å². The van der Waals surface area contributed by atoms with E-state index >= 15 is 0 Å². The summed E-state index contributed by atoms with van der Waals surface area (Å²) >= 11 is 0. The molecule has 0 spiro atoms. The van der Waals surface area contributed by atoms with E-state index in [1.807, 2.05) is 13.0 Å². The number of amides is 1. The fraction of sp³-hybridized carbons (Fsp3) is 0.316. The minimum absolute atomic E-state index is 0.0545. The quantitative estimate of drug-likeness (QED) is 0.717. The average Bonchev–Trinajstić information content (AvgIpc) is 3.23. The first-order valence-corrected chi connectivity index (χ1v) is 8.89. The monoisotopic (exact) mass is 364 g/mol. The summed E-state index contributed by atoms with van der Waals surface area (Å²) in [6.45, 7) is 1.98. The molecule has 0 saturated carbocycles. The first kappa shape index (κ1) is 17.1. The Balaban J connectivity index is 1.77. The molecule has 3 aromatic rings. The SMILES string of the molecule is Cc1ccc(=O)n(Cc2nc(CC(N)=O)nn2-c2ccc3c(c2)CCC3)n1. The van der Waals surface area contributed by atoms with Gasteiger partial charge >= 0.3 is 0 Å². The van der Waals surface area contributed by atoms with Crippen LogP contribution in [-0.2, 0) is 30.6 Å². The molecule has 8 nitrogen and oxygen atoms in total. The molecule has 0 radical (unpaired) electrons. The fourth-order valence-corrected chi connectivity index (χ4v) is 3.42. The molecule has 0 bridgehead atoms. The molecule has 0 atom stereocenters. The Bertz CT molecular complexity index is 1080. The number of hydrogen-bond donors (Lipinski definition) is 1. The van der Waals surface area contributed by atoms with Crippen molar-refractivity contribution in [2.24, 2.45) is 5.73 Å². The van der Waals surface area contributed by atoms with Gasteiger partial charge < -0.3 is 5.73 Å². The van der Waals surface area contributed by atoms with Crippen LogP contribution in [0.1, 0.15) is 34.9 Å². The summed E-state index contributed by atoms with van der Waals surface area (Å²) in [5.74, 6) is 0.363. The number of carbonyl (C=O) groups is 1. The average molecular weight is 364 g/mol. The molecule has 4 rings (SSSR count). The van der Waals surface area contributed by atoms with E-state index in [-0.39, 0.29) is 18.5 Å². The third kappa shape index (κ3) is 3.51. The van der Waals surface area contributed by atoms with E-state index in [1.54, 1.807) is 10.7 Å². The minimum atomic E-state index is -0.501. The van der Waals surface area contributed by atoms with Gasteiger partial charge in [-0.2, -0.15) is 10.2 Å². The van der Waals surface area contributed by atoms with Gasteiger partial charge in [0.15, 0.2) is 11.6 Å². The van der Waals surface area contributed by atoms with Crippen molar-refractivity contribution in [1.29, 1.82) is 0 Å². The topological polar surface area (TPSA) is 109 Å². The number of aryl methyl sites for hydroxylation is 3. The lowest BCUT2D eigenvalue weighted by atomic mass is 10.1. The maximum atomic E-state index is 12.1. The molecule has 0 fully saturated rings. The van der Waals surface area contributed by atoms with Crippen LogP contribution in [0.2, 0.25) is 0 Å². The smallest absolute Gasteiger partial charge is 0.267 e. The molecule has 138 valence electrons. The Morgan fingerprint density at radius 2 is 1.96 bits per heavy atom. The second-order valence-electron chi connectivity index (χ2n) is 6.78. The summed E-state index contributed by atoms with van der Waals surface area (Å²) in [5, 5.41) is 8.72. The van der Waals surface area contributed by atoms with E-state index in [4.69, 9.17) is 5.73 Å². The van der Waals surface area contributed by atoms with E-state index in [0.717, 1.165) is 30.6 Å². The highest BCUT2D eigenvalue weighted by molar-refractivity contribution is 5.75. The van der Waals surface area contributed by atoms with Gasteiger partial charge in [0.05, 0.1) is 17.8 Å². The summed E-state index contributed by atoms with van der Waals surface area (Å²) < 4.78 is 3.02. The van der Waals surface area contributed by atoms with E-state index in [0.29, 0.717) is 11.6 Å². The van der Waals surface area contributed by atoms with Crippen LogP contribution in [0.15, 0.2) is 35.1 Å². The van der Waals surface area contributed by atoms with Gasteiger partial charge in [0, 0.05) is 6.07 Å². The van der Waals surface area contributed by atoms with Gasteiger partial charge in [0.2, 0.25) is 5.91 Å². The molecule has 8 heteroatoms. The van der Waals surface area contributed by atoms with Gasteiger partial charge in [-0.3, -0.25) is 9.59 Å². The van der Waals surface area contributed by atoms with Crippen LogP contribution in [0.3, 0.4) is 0 Å². The molecule has 2 N–H and O–H groups in total. The molecule has 1 amide bonds. The molecule has 0 saturated heterocycles. The first-order chi connectivity index (χ1) is 13.0. The van der Waals surface area contributed by atoms with Gasteiger partial charge in [-0.15, -0.1) is 0 Å². The molecular weight excluding hydrogens is 344 g/mol. The lowest BCUT2D eigenvalue weighted by Crippen LogP contribution is -2.24. The number of nitrogens with two attached hydrogens (primary N) is 1. The molecule has 1 aliphatic rings. The third-order valence-corrected chi connectivity index (χ3v) is 4.67. The number of benzene rings is 1. The summed E-state index contributed by atoms with van der Waals surface area (Å²) in [5.41, 5.74) is 9.32. The predicted molar refractivity (Wildman–Crippen MR) is 98.6 cm³/mol. The highest BCUT2D eigenvalue weighted by Gasteiger charge is 2.17. The van der Waals surface area contributed by atoms with Crippen molar-refractivity contribution in [3.8, 4) is 5.69 Å². The van der Waals surface area contributed by atoms with Gasteiger partial charge in [0.25, 0.3) is 5.56 Å². The first-order valence-electron chi connectivity index (χ1n) is 8.89. The van der Waals surface area contributed by atoms with Gasteiger partial charge in [-0.05, 0) is 55.5 Å². The maximum absolute atomic E-state index is 12.1. The number of nitrogens with zero attached hydrogens (tertiary/aromatic N) is 5. The zero-order valence-corrected chi connectivity index (χ0v) is 15.1. The molecule has 1 aliphatic carbocycles. The van der Waals surface area contributed by atoms with E-state index in [2.05, 4.69) is 27.3 Å². The largest absolute Gasteiger partial charge is 0.369 e. The molecule has 0 unspecified atom stereocenters. The van der Waals surface area contributed by atoms with Crippen LogP contribution >= 0.6 is 0 Å². The van der Waals surface area contributed by atoms with Crippen molar-refractivity contribution in [2.75, 3.05) is 0 Å². The van der Waals surface area contributed by atoms with Crippen LogP contribution in [-0.4, -0.2) is 30.5 Å². The number of aromatic nitrogens is 5.